The van der Waals surface area contributed by atoms with Crippen molar-refractivity contribution in [1.82, 2.24) is 0 Å². The smallest absolute Gasteiger partial charge is 0.233 e. The molecular formula is C13H14FNO2. The van der Waals surface area contributed by atoms with E-state index in [2.05, 4.69) is 0 Å². The van der Waals surface area contributed by atoms with E-state index in [9.17, 15) is 14.3 Å². The molecule has 3 aliphatic rings. The van der Waals surface area contributed by atoms with Gasteiger partial charge < -0.3 is 10.0 Å². The molecule has 90 valence electrons. The van der Waals surface area contributed by atoms with Gasteiger partial charge in [-0.2, -0.15) is 0 Å². The molecule has 1 aromatic carbocycles. The lowest BCUT2D eigenvalue weighted by Crippen LogP contribution is -2.72. The summed E-state index contributed by atoms with van der Waals surface area (Å²) in [6.45, 7) is 0. The molecule has 17 heavy (non-hydrogen) atoms. The van der Waals surface area contributed by atoms with Crippen molar-refractivity contribution in [3.05, 3.63) is 30.1 Å². The van der Waals surface area contributed by atoms with Gasteiger partial charge in [0, 0.05) is 12.7 Å². The number of carbonyl (C=O) groups is 1. The molecular weight excluding hydrogens is 221 g/mol. The van der Waals surface area contributed by atoms with Crippen molar-refractivity contribution >= 4 is 11.6 Å². The van der Waals surface area contributed by atoms with Crippen LogP contribution in [0.25, 0.3) is 0 Å². The first kappa shape index (κ1) is 10.7. The van der Waals surface area contributed by atoms with Gasteiger partial charge >= 0.3 is 0 Å². The molecule has 1 amide bonds. The van der Waals surface area contributed by atoms with Crippen LogP contribution in [-0.4, -0.2) is 23.7 Å². The maximum absolute atomic E-state index is 12.8. The zero-order valence-corrected chi connectivity index (χ0v) is 9.61. The molecule has 4 heteroatoms. The molecule has 1 aromatic rings. The summed E-state index contributed by atoms with van der Waals surface area (Å²) < 4.78 is 12.8. The largest absolute Gasteiger partial charge is 0.390 e. The first-order chi connectivity index (χ1) is 7.94. The number of nitrogens with zero attached hydrogens (tertiary/aromatic N) is 1. The molecule has 0 radical (unpaired) electrons. The summed E-state index contributed by atoms with van der Waals surface area (Å²) in [5.74, 6) is -0.283. The summed E-state index contributed by atoms with van der Waals surface area (Å²) in [7, 11) is 1.69. The molecule has 0 aromatic heterocycles. The van der Waals surface area contributed by atoms with Gasteiger partial charge in [-0.3, -0.25) is 4.79 Å². The second-order valence-electron chi connectivity index (χ2n) is 5.38. The molecule has 3 fully saturated rings. The van der Waals surface area contributed by atoms with Gasteiger partial charge in [-0.1, -0.05) is 0 Å². The standard InChI is InChI=1S/C13H14FNO2/c1-15(10-4-2-9(14)3-5-10)11(16)12-6-13(17,7-12)8-12/h2-5,17H,6-8H2,1H3. The number of halogens is 1. The Labute approximate surface area is 98.9 Å². The van der Waals surface area contributed by atoms with Crippen molar-refractivity contribution in [2.24, 2.45) is 5.41 Å². The lowest BCUT2D eigenvalue weighted by Gasteiger charge is -2.66. The van der Waals surface area contributed by atoms with E-state index in [-0.39, 0.29) is 17.1 Å². The van der Waals surface area contributed by atoms with Crippen LogP contribution in [-0.2, 0) is 4.79 Å². The average molecular weight is 235 g/mol. The fourth-order valence-electron chi connectivity index (χ4n) is 3.10. The molecule has 0 saturated heterocycles. The molecule has 3 aliphatic carbocycles. The predicted molar refractivity (Wildman–Crippen MR) is 61.0 cm³/mol. The second-order valence-corrected chi connectivity index (χ2v) is 5.38. The first-order valence-electron chi connectivity index (χ1n) is 5.70. The molecule has 3 nitrogen and oxygen atoms in total. The Bertz CT molecular complexity index is 463. The number of aliphatic hydroxyl groups is 1. The van der Waals surface area contributed by atoms with Crippen LogP contribution in [0, 0.1) is 11.2 Å². The monoisotopic (exact) mass is 235 g/mol. The highest BCUT2D eigenvalue weighted by atomic mass is 19.1. The van der Waals surface area contributed by atoms with Gasteiger partial charge in [-0.25, -0.2) is 4.39 Å². The van der Waals surface area contributed by atoms with E-state index in [1.165, 1.54) is 12.1 Å². The number of amides is 1. The van der Waals surface area contributed by atoms with E-state index < -0.39 is 5.60 Å². The zero-order valence-electron chi connectivity index (χ0n) is 9.61. The van der Waals surface area contributed by atoms with Crippen LogP contribution in [0.2, 0.25) is 0 Å². The summed E-state index contributed by atoms with van der Waals surface area (Å²) in [5.41, 5.74) is -0.231. The number of carbonyl (C=O) groups excluding carboxylic acids is 1. The summed E-state index contributed by atoms with van der Waals surface area (Å²) in [6, 6.07) is 5.87. The van der Waals surface area contributed by atoms with Crippen LogP contribution in [0.3, 0.4) is 0 Å². The van der Waals surface area contributed by atoms with Gasteiger partial charge in [-0.15, -0.1) is 0 Å². The SMILES string of the molecule is CN(C(=O)C12CC(O)(C1)C2)c1ccc(F)cc1. The third-order valence-electron chi connectivity index (χ3n) is 3.97. The number of rotatable bonds is 2. The van der Waals surface area contributed by atoms with Crippen molar-refractivity contribution in [1.29, 1.82) is 0 Å². The lowest BCUT2D eigenvalue weighted by atomic mass is 9.41. The Hall–Kier alpha value is -1.42. The normalized spacial score (nSPS) is 33.6. The quantitative estimate of drug-likeness (QED) is 0.847. The van der Waals surface area contributed by atoms with E-state index in [1.54, 1.807) is 24.1 Å². The minimum atomic E-state index is -0.570. The Morgan fingerprint density at radius 1 is 1.29 bits per heavy atom. The molecule has 0 unspecified atom stereocenters. The highest BCUT2D eigenvalue weighted by Crippen LogP contribution is 2.67. The summed E-state index contributed by atoms with van der Waals surface area (Å²) >= 11 is 0. The minimum absolute atomic E-state index is 0.0278. The van der Waals surface area contributed by atoms with Crippen molar-refractivity contribution < 1.29 is 14.3 Å². The van der Waals surface area contributed by atoms with E-state index in [0.29, 0.717) is 24.9 Å². The Kier molecular flexibility index (Phi) is 1.94. The van der Waals surface area contributed by atoms with Crippen molar-refractivity contribution in [2.75, 3.05) is 11.9 Å². The molecule has 3 saturated carbocycles. The van der Waals surface area contributed by atoms with Crippen molar-refractivity contribution in [2.45, 2.75) is 24.9 Å². The molecule has 4 rings (SSSR count). The Balaban J connectivity index is 1.77. The van der Waals surface area contributed by atoms with E-state index >= 15 is 0 Å². The van der Waals surface area contributed by atoms with Crippen molar-refractivity contribution in [3.8, 4) is 0 Å². The van der Waals surface area contributed by atoms with Crippen LogP contribution >= 0.6 is 0 Å². The summed E-state index contributed by atoms with van der Waals surface area (Å²) in [6.07, 6.45) is 1.72. The third-order valence-corrected chi connectivity index (χ3v) is 3.97. The minimum Gasteiger partial charge on any atom is -0.390 e. The van der Waals surface area contributed by atoms with E-state index in [0.717, 1.165) is 0 Å². The van der Waals surface area contributed by atoms with Crippen LogP contribution in [0.15, 0.2) is 24.3 Å². The van der Waals surface area contributed by atoms with E-state index in [4.69, 9.17) is 0 Å². The molecule has 2 bridgehead atoms. The molecule has 1 N–H and O–H groups in total. The zero-order chi connectivity index (χ0) is 12.3. The number of hydrogen-bond donors (Lipinski definition) is 1. The van der Waals surface area contributed by atoms with Gasteiger partial charge in [0.15, 0.2) is 0 Å². The summed E-state index contributed by atoms with van der Waals surface area (Å²) in [4.78, 5) is 13.8. The highest BCUT2D eigenvalue weighted by Gasteiger charge is 2.71. The predicted octanol–water partition coefficient (Wildman–Crippen LogP) is 1.70. The number of hydrogen-bond acceptors (Lipinski definition) is 2. The Morgan fingerprint density at radius 3 is 2.29 bits per heavy atom. The number of anilines is 1. The second kappa shape index (κ2) is 3.07. The number of benzene rings is 1. The first-order valence-corrected chi connectivity index (χ1v) is 5.70. The lowest BCUT2D eigenvalue weighted by molar-refractivity contribution is -0.248. The van der Waals surface area contributed by atoms with Gasteiger partial charge in [0.2, 0.25) is 5.91 Å². The molecule has 0 atom stereocenters. The Morgan fingerprint density at radius 2 is 1.82 bits per heavy atom. The van der Waals surface area contributed by atoms with Gasteiger partial charge in [0.25, 0.3) is 0 Å². The van der Waals surface area contributed by atoms with Gasteiger partial charge in [0.1, 0.15) is 5.82 Å². The maximum Gasteiger partial charge on any atom is 0.233 e. The van der Waals surface area contributed by atoms with Crippen LogP contribution in [0.4, 0.5) is 10.1 Å². The molecule has 0 aliphatic heterocycles. The summed E-state index contributed by atoms with van der Waals surface area (Å²) in [5, 5.41) is 9.66. The van der Waals surface area contributed by atoms with E-state index in [1.807, 2.05) is 0 Å². The maximum atomic E-state index is 12.8. The van der Waals surface area contributed by atoms with Crippen LogP contribution < -0.4 is 4.90 Å². The van der Waals surface area contributed by atoms with Gasteiger partial charge in [-0.05, 0) is 43.5 Å². The van der Waals surface area contributed by atoms with Crippen LogP contribution in [0.5, 0.6) is 0 Å². The fraction of sp³-hybridized carbons (Fsp3) is 0.462. The van der Waals surface area contributed by atoms with Crippen molar-refractivity contribution in [3.63, 3.8) is 0 Å². The van der Waals surface area contributed by atoms with Crippen LogP contribution in [0.1, 0.15) is 19.3 Å². The van der Waals surface area contributed by atoms with Gasteiger partial charge in [0.05, 0.1) is 11.0 Å². The molecule has 0 heterocycles. The topological polar surface area (TPSA) is 40.5 Å². The third kappa shape index (κ3) is 1.40. The average Bonchev–Trinajstić information content (AvgIpc) is 2.23. The fourth-order valence-corrected chi connectivity index (χ4v) is 3.10. The molecule has 0 spiro atoms. The highest BCUT2D eigenvalue weighted by molar-refractivity contribution is 5.99.